The van der Waals surface area contributed by atoms with Crippen molar-refractivity contribution in [3.05, 3.63) is 57.8 Å². The summed E-state index contributed by atoms with van der Waals surface area (Å²) in [5.41, 5.74) is 3.95. The van der Waals surface area contributed by atoms with Gasteiger partial charge < -0.3 is 10.0 Å². The number of aliphatic hydroxyl groups is 1. The van der Waals surface area contributed by atoms with E-state index in [2.05, 4.69) is 20.8 Å². The third kappa shape index (κ3) is 2.34. The van der Waals surface area contributed by atoms with Crippen LogP contribution in [-0.4, -0.2) is 11.7 Å². The van der Waals surface area contributed by atoms with E-state index in [0.717, 1.165) is 39.9 Å². The number of halogens is 2. The molecule has 0 aliphatic carbocycles. The highest BCUT2D eigenvalue weighted by Gasteiger charge is 2.22. The van der Waals surface area contributed by atoms with Crippen molar-refractivity contribution in [3.63, 3.8) is 0 Å². The molecule has 0 bridgehead atoms. The van der Waals surface area contributed by atoms with Gasteiger partial charge in [-0.15, -0.1) is 0 Å². The fourth-order valence-corrected chi connectivity index (χ4v) is 3.22. The van der Waals surface area contributed by atoms with Gasteiger partial charge in [-0.25, -0.2) is 4.39 Å². The van der Waals surface area contributed by atoms with Gasteiger partial charge >= 0.3 is 0 Å². The van der Waals surface area contributed by atoms with Crippen LogP contribution in [0.4, 0.5) is 15.8 Å². The van der Waals surface area contributed by atoms with Gasteiger partial charge in [0.1, 0.15) is 5.82 Å². The molecule has 1 aliphatic heterocycles. The molecular formula is C16H15BrFNO. The van der Waals surface area contributed by atoms with Crippen LogP contribution in [0.5, 0.6) is 0 Å². The van der Waals surface area contributed by atoms with Crippen molar-refractivity contribution in [2.24, 2.45) is 0 Å². The quantitative estimate of drug-likeness (QED) is 0.882. The standard InChI is InChI=1S/C16H15BrFNO/c1-10(20)12-3-5-15(14(17)8-12)19-7-6-11-2-4-13(18)9-16(11)19/h2-5,8-10,20H,6-7H2,1H3/t10-/m0/s1. The largest absolute Gasteiger partial charge is 0.389 e. The molecule has 0 fully saturated rings. The van der Waals surface area contributed by atoms with Gasteiger partial charge in [-0.2, -0.15) is 0 Å². The average molecular weight is 336 g/mol. The first-order valence-corrected chi connectivity index (χ1v) is 7.39. The van der Waals surface area contributed by atoms with E-state index < -0.39 is 6.10 Å². The Balaban J connectivity index is 2.02. The van der Waals surface area contributed by atoms with Crippen molar-refractivity contribution < 1.29 is 9.50 Å². The molecule has 3 rings (SSSR count). The van der Waals surface area contributed by atoms with E-state index >= 15 is 0 Å². The van der Waals surface area contributed by atoms with Crippen LogP contribution in [-0.2, 0) is 6.42 Å². The SMILES string of the molecule is C[C@H](O)c1ccc(N2CCc3ccc(F)cc32)c(Br)c1. The first-order chi connectivity index (χ1) is 9.56. The highest BCUT2D eigenvalue weighted by molar-refractivity contribution is 9.10. The Labute approximate surface area is 126 Å². The summed E-state index contributed by atoms with van der Waals surface area (Å²) in [7, 11) is 0. The van der Waals surface area contributed by atoms with Crippen LogP contribution in [0.3, 0.4) is 0 Å². The zero-order valence-corrected chi connectivity index (χ0v) is 12.7. The van der Waals surface area contributed by atoms with E-state index in [-0.39, 0.29) is 5.82 Å². The Morgan fingerprint density at radius 2 is 2.00 bits per heavy atom. The first kappa shape index (κ1) is 13.6. The molecular weight excluding hydrogens is 321 g/mol. The van der Waals surface area contributed by atoms with Crippen molar-refractivity contribution in [1.82, 2.24) is 0 Å². The summed E-state index contributed by atoms with van der Waals surface area (Å²) in [6, 6.07) is 10.7. The average Bonchev–Trinajstić information content (AvgIpc) is 2.81. The summed E-state index contributed by atoms with van der Waals surface area (Å²) in [5, 5.41) is 9.61. The fraction of sp³-hybridized carbons (Fsp3) is 0.250. The number of benzene rings is 2. The second kappa shape index (κ2) is 5.19. The van der Waals surface area contributed by atoms with Crippen molar-refractivity contribution in [3.8, 4) is 0 Å². The Bertz CT molecular complexity index is 657. The molecule has 0 aromatic heterocycles. The van der Waals surface area contributed by atoms with E-state index in [0.29, 0.717) is 0 Å². The smallest absolute Gasteiger partial charge is 0.125 e. The van der Waals surface area contributed by atoms with Crippen molar-refractivity contribution in [2.45, 2.75) is 19.4 Å². The van der Waals surface area contributed by atoms with Crippen molar-refractivity contribution >= 4 is 27.3 Å². The predicted octanol–water partition coefficient (Wildman–Crippen LogP) is 4.34. The number of nitrogens with zero attached hydrogens (tertiary/aromatic N) is 1. The van der Waals surface area contributed by atoms with Gasteiger partial charge in [-0.05, 0) is 64.7 Å². The molecule has 0 unspecified atom stereocenters. The van der Waals surface area contributed by atoms with E-state index in [4.69, 9.17) is 0 Å². The lowest BCUT2D eigenvalue weighted by Crippen LogP contribution is -2.14. The van der Waals surface area contributed by atoms with Crippen LogP contribution in [0.25, 0.3) is 0 Å². The third-order valence-corrected chi connectivity index (χ3v) is 4.32. The van der Waals surface area contributed by atoms with Crippen LogP contribution < -0.4 is 4.90 Å². The molecule has 2 aromatic rings. The minimum Gasteiger partial charge on any atom is -0.389 e. The number of aliphatic hydroxyl groups excluding tert-OH is 1. The minimum atomic E-state index is -0.497. The Morgan fingerprint density at radius 1 is 1.20 bits per heavy atom. The molecule has 0 spiro atoms. The van der Waals surface area contributed by atoms with Gasteiger partial charge in [-0.1, -0.05) is 12.1 Å². The van der Waals surface area contributed by atoms with Gasteiger partial charge in [0.15, 0.2) is 0 Å². The maximum atomic E-state index is 13.5. The number of anilines is 2. The number of hydrogen-bond acceptors (Lipinski definition) is 2. The van der Waals surface area contributed by atoms with Crippen LogP contribution in [0.1, 0.15) is 24.2 Å². The van der Waals surface area contributed by atoms with Gasteiger partial charge in [0.05, 0.1) is 11.8 Å². The minimum absolute atomic E-state index is 0.215. The highest BCUT2D eigenvalue weighted by Crippen LogP contribution is 2.39. The van der Waals surface area contributed by atoms with Crippen LogP contribution in [0.15, 0.2) is 40.9 Å². The van der Waals surface area contributed by atoms with Crippen LogP contribution in [0, 0.1) is 5.82 Å². The molecule has 2 aromatic carbocycles. The summed E-state index contributed by atoms with van der Waals surface area (Å²) >= 11 is 3.55. The van der Waals surface area contributed by atoms with Crippen molar-refractivity contribution in [2.75, 3.05) is 11.4 Å². The van der Waals surface area contributed by atoms with Crippen LogP contribution in [0.2, 0.25) is 0 Å². The lowest BCUT2D eigenvalue weighted by molar-refractivity contribution is 0.199. The normalized spacial score (nSPS) is 15.3. The van der Waals surface area contributed by atoms with Gasteiger partial charge in [-0.3, -0.25) is 0 Å². The lowest BCUT2D eigenvalue weighted by Gasteiger charge is -2.22. The van der Waals surface area contributed by atoms with Crippen LogP contribution >= 0.6 is 15.9 Å². The number of rotatable bonds is 2. The molecule has 104 valence electrons. The molecule has 1 atom stereocenters. The maximum Gasteiger partial charge on any atom is 0.125 e. The molecule has 0 amide bonds. The molecule has 0 radical (unpaired) electrons. The summed E-state index contributed by atoms with van der Waals surface area (Å²) in [6.07, 6.45) is 0.420. The zero-order chi connectivity index (χ0) is 14.3. The van der Waals surface area contributed by atoms with Crippen molar-refractivity contribution in [1.29, 1.82) is 0 Å². The second-order valence-corrected chi connectivity index (χ2v) is 5.92. The fourth-order valence-electron chi connectivity index (χ4n) is 2.60. The molecule has 1 aliphatic rings. The number of fused-ring (bicyclic) bond motifs is 1. The molecule has 0 saturated heterocycles. The Morgan fingerprint density at radius 3 is 2.70 bits per heavy atom. The molecule has 1 N–H and O–H groups in total. The molecule has 0 saturated carbocycles. The topological polar surface area (TPSA) is 23.5 Å². The van der Waals surface area contributed by atoms with Gasteiger partial charge in [0, 0.05) is 16.7 Å². The maximum absolute atomic E-state index is 13.5. The number of hydrogen-bond donors (Lipinski definition) is 1. The summed E-state index contributed by atoms with van der Waals surface area (Å²) in [5.74, 6) is -0.215. The second-order valence-electron chi connectivity index (χ2n) is 5.06. The molecule has 2 nitrogen and oxygen atoms in total. The highest BCUT2D eigenvalue weighted by atomic mass is 79.9. The monoisotopic (exact) mass is 335 g/mol. The lowest BCUT2D eigenvalue weighted by atomic mass is 10.1. The summed E-state index contributed by atoms with van der Waals surface area (Å²) in [6.45, 7) is 2.58. The van der Waals surface area contributed by atoms with E-state index in [1.165, 1.54) is 6.07 Å². The van der Waals surface area contributed by atoms with Gasteiger partial charge in [0.25, 0.3) is 0 Å². The third-order valence-electron chi connectivity index (χ3n) is 3.69. The van der Waals surface area contributed by atoms with E-state index in [9.17, 15) is 9.50 Å². The zero-order valence-electron chi connectivity index (χ0n) is 11.1. The Kier molecular flexibility index (Phi) is 3.52. The molecule has 4 heteroatoms. The Hall–Kier alpha value is -1.39. The van der Waals surface area contributed by atoms with Gasteiger partial charge in [0.2, 0.25) is 0 Å². The van der Waals surface area contributed by atoms with E-state index in [1.54, 1.807) is 13.0 Å². The molecule has 1 heterocycles. The summed E-state index contributed by atoms with van der Waals surface area (Å²) in [4.78, 5) is 2.11. The summed E-state index contributed by atoms with van der Waals surface area (Å²) < 4.78 is 14.4. The first-order valence-electron chi connectivity index (χ1n) is 6.60. The predicted molar refractivity (Wildman–Crippen MR) is 81.9 cm³/mol. The molecule has 20 heavy (non-hydrogen) atoms. The van der Waals surface area contributed by atoms with E-state index in [1.807, 2.05) is 24.3 Å².